The van der Waals surface area contributed by atoms with E-state index in [0.29, 0.717) is 11.4 Å². The zero-order valence-electron chi connectivity index (χ0n) is 11.2. The molecule has 1 saturated heterocycles. The highest BCUT2D eigenvalue weighted by atomic mass is 79.9. The highest BCUT2D eigenvalue weighted by Crippen LogP contribution is 2.29. The number of nitrogens with one attached hydrogen (secondary N) is 1. The van der Waals surface area contributed by atoms with Crippen LogP contribution in [0.1, 0.15) is 13.8 Å². The van der Waals surface area contributed by atoms with Gasteiger partial charge in [-0.1, -0.05) is 0 Å². The summed E-state index contributed by atoms with van der Waals surface area (Å²) in [5, 5.41) is 2.77. The highest BCUT2D eigenvalue weighted by molar-refractivity contribution is 9.10. The molecule has 0 bridgehead atoms. The number of hydrogen-bond donors (Lipinski definition) is 1. The van der Waals surface area contributed by atoms with E-state index in [1.54, 1.807) is 18.2 Å². The lowest BCUT2D eigenvalue weighted by Crippen LogP contribution is -2.52. The summed E-state index contributed by atoms with van der Waals surface area (Å²) in [5.41, 5.74) is 0.545. The lowest BCUT2D eigenvalue weighted by Gasteiger charge is -2.33. The maximum absolute atomic E-state index is 11.8. The van der Waals surface area contributed by atoms with E-state index in [1.807, 2.05) is 0 Å². The minimum atomic E-state index is -1.23. The van der Waals surface area contributed by atoms with E-state index in [2.05, 4.69) is 21.2 Å². The van der Waals surface area contributed by atoms with E-state index < -0.39 is 23.8 Å². The zero-order valence-corrected chi connectivity index (χ0v) is 12.8. The van der Waals surface area contributed by atoms with Gasteiger partial charge in [-0.15, -0.1) is 0 Å². The van der Waals surface area contributed by atoms with Crippen LogP contribution in [-0.4, -0.2) is 30.9 Å². The van der Waals surface area contributed by atoms with Gasteiger partial charge in [-0.3, -0.25) is 0 Å². The Bertz CT molecular complexity index is 538. The van der Waals surface area contributed by atoms with Gasteiger partial charge in [-0.05, 0) is 28.1 Å². The van der Waals surface area contributed by atoms with E-state index in [4.69, 9.17) is 14.2 Å². The number of anilines is 1. The summed E-state index contributed by atoms with van der Waals surface area (Å²) in [7, 11) is 1.52. The summed E-state index contributed by atoms with van der Waals surface area (Å²) in [6, 6.07) is 3.91. The van der Waals surface area contributed by atoms with Gasteiger partial charge in [0.05, 0.1) is 11.6 Å². The molecule has 1 aliphatic rings. The fraction of sp³-hybridized carbons (Fsp3) is 0.385. The van der Waals surface area contributed by atoms with E-state index in [9.17, 15) is 9.59 Å². The largest absolute Gasteiger partial charge is 0.495 e. The van der Waals surface area contributed by atoms with Crippen LogP contribution in [0.15, 0.2) is 22.7 Å². The Morgan fingerprint density at radius 1 is 1.25 bits per heavy atom. The zero-order chi connectivity index (χ0) is 14.9. The van der Waals surface area contributed by atoms with Gasteiger partial charge in [0.25, 0.3) is 5.79 Å². The van der Waals surface area contributed by atoms with E-state index in [0.717, 1.165) is 4.47 Å². The molecule has 1 aliphatic heterocycles. The summed E-state index contributed by atoms with van der Waals surface area (Å²) in [5.74, 6) is -2.00. The number of hydrogen-bond acceptors (Lipinski definition) is 6. The fourth-order valence-electron chi connectivity index (χ4n) is 1.75. The average Bonchev–Trinajstić information content (AvgIpc) is 2.34. The number of carbonyl (C=O) groups is 2. The lowest BCUT2D eigenvalue weighted by atomic mass is 10.2. The minimum Gasteiger partial charge on any atom is -0.495 e. The van der Waals surface area contributed by atoms with Crippen LogP contribution in [-0.2, 0) is 19.1 Å². The van der Waals surface area contributed by atoms with Crippen LogP contribution in [0.5, 0.6) is 5.75 Å². The molecule has 0 saturated carbocycles. The number of cyclic esters (lactones) is 2. The van der Waals surface area contributed by atoms with Crippen molar-refractivity contribution in [3.05, 3.63) is 22.7 Å². The quantitative estimate of drug-likeness (QED) is 0.669. The van der Waals surface area contributed by atoms with Crippen molar-refractivity contribution >= 4 is 33.6 Å². The predicted molar refractivity (Wildman–Crippen MR) is 74.4 cm³/mol. The lowest BCUT2D eigenvalue weighted by molar-refractivity contribution is -0.232. The molecule has 1 N–H and O–H groups in total. The first-order valence-electron chi connectivity index (χ1n) is 5.88. The minimum absolute atomic E-state index is 0.545. The summed E-state index contributed by atoms with van der Waals surface area (Å²) in [4.78, 5) is 23.6. The summed E-state index contributed by atoms with van der Waals surface area (Å²) in [6.07, 6.45) is 0. The van der Waals surface area contributed by atoms with Crippen molar-refractivity contribution in [2.75, 3.05) is 12.4 Å². The van der Waals surface area contributed by atoms with Crippen LogP contribution in [0.3, 0.4) is 0 Å². The first-order valence-corrected chi connectivity index (χ1v) is 6.67. The molecule has 0 radical (unpaired) electrons. The molecule has 6 nitrogen and oxygen atoms in total. The van der Waals surface area contributed by atoms with E-state index in [1.165, 1.54) is 21.0 Å². The van der Waals surface area contributed by atoms with Crippen molar-refractivity contribution in [2.45, 2.75) is 25.7 Å². The SMILES string of the molecule is COc1cc(NC2C(=O)OC(C)(C)OC2=O)ccc1Br. The molecule has 0 aliphatic carbocycles. The first kappa shape index (κ1) is 14.6. The maximum atomic E-state index is 11.8. The van der Waals surface area contributed by atoms with E-state index >= 15 is 0 Å². The van der Waals surface area contributed by atoms with Crippen LogP contribution in [0, 0.1) is 0 Å². The third kappa shape index (κ3) is 3.04. The Balaban J connectivity index is 2.18. The second-order valence-corrected chi connectivity index (χ2v) is 5.52. The van der Waals surface area contributed by atoms with Crippen molar-refractivity contribution in [3.63, 3.8) is 0 Å². The highest BCUT2D eigenvalue weighted by Gasteiger charge is 2.43. The Morgan fingerprint density at radius 3 is 2.40 bits per heavy atom. The van der Waals surface area contributed by atoms with Gasteiger partial charge in [0.15, 0.2) is 0 Å². The van der Waals surface area contributed by atoms with Gasteiger partial charge in [0, 0.05) is 25.6 Å². The third-order valence-corrected chi connectivity index (χ3v) is 3.28. The molecule has 0 unspecified atom stereocenters. The Kier molecular flexibility index (Phi) is 3.89. The first-order chi connectivity index (χ1) is 9.32. The summed E-state index contributed by atoms with van der Waals surface area (Å²) in [6.45, 7) is 3.00. The van der Waals surface area contributed by atoms with Gasteiger partial charge in [-0.25, -0.2) is 9.59 Å². The van der Waals surface area contributed by atoms with Gasteiger partial charge in [0.2, 0.25) is 6.04 Å². The normalized spacial score (nSPS) is 18.2. The predicted octanol–water partition coefficient (Wildman–Crippen LogP) is 2.07. The summed E-state index contributed by atoms with van der Waals surface area (Å²) >= 11 is 3.32. The Morgan fingerprint density at radius 2 is 1.85 bits per heavy atom. The molecule has 2 rings (SSSR count). The topological polar surface area (TPSA) is 73.9 Å². The van der Waals surface area contributed by atoms with Crippen molar-refractivity contribution in [3.8, 4) is 5.75 Å². The van der Waals surface area contributed by atoms with Gasteiger partial charge < -0.3 is 19.5 Å². The molecular weight excluding hydrogens is 330 g/mol. The number of ether oxygens (including phenoxy) is 3. The molecule has 0 spiro atoms. The van der Waals surface area contributed by atoms with Crippen LogP contribution in [0.25, 0.3) is 0 Å². The fourth-order valence-corrected chi connectivity index (χ4v) is 2.16. The molecule has 108 valence electrons. The van der Waals surface area contributed by atoms with Crippen LogP contribution in [0.2, 0.25) is 0 Å². The van der Waals surface area contributed by atoms with Gasteiger partial charge in [0.1, 0.15) is 5.75 Å². The number of benzene rings is 1. The molecule has 0 atom stereocenters. The number of rotatable bonds is 3. The molecular formula is C13H14BrNO5. The van der Waals surface area contributed by atoms with Crippen molar-refractivity contribution < 1.29 is 23.8 Å². The molecule has 1 aromatic carbocycles. The standard InChI is InChI=1S/C13H14BrNO5/c1-13(2)19-11(16)10(12(17)20-13)15-7-4-5-8(14)9(6-7)18-3/h4-6,10,15H,1-3H3. The van der Waals surface area contributed by atoms with Crippen LogP contribution >= 0.6 is 15.9 Å². The molecule has 1 fully saturated rings. The Labute approximate surface area is 124 Å². The molecule has 1 heterocycles. The van der Waals surface area contributed by atoms with E-state index in [-0.39, 0.29) is 0 Å². The number of methoxy groups -OCH3 is 1. The van der Waals surface area contributed by atoms with Crippen LogP contribution in [0.4, 0.5) is 5.69 Å². The smallest absolute Gasteiger partial charge is 0.343 e. The van der Waals surface area contributed by atoms with Crippen molar-refractivity contribution in [2.24, 2.45) is 0 Å². The summed E-state index contributed by atoms with van der Waals surface area (Å²) < 4.78 is 16.0. The second kappa shape index (κ2) is 5.32. The Hall–Kier alpha value is -1.76. The number of carbonyl (C=O) groups excluding carboxylic acids is 2. The monoisotopic (exact) mass is 343 g/mol. The molecule has 0 amide bonds. The molecule has 20 heavy (non-hydrogen) atoms. The average molecular weight is 344 g/mol. The third-order valence-electron chi connectivity index (χ3n) is 2.63. The van der Waals surface area contributed by atoms with Crippen molar-refractivity contribution in [1.82, 2.24) is 0 Å². The van der Waals surface area contributed by atoms with Crippen molar-refractivity contribution in [1.29, 1.82) is 0 Å². The second-order valence-electron chi connectivity index (χ2n) is 4.67. The maximum Gasteiger partial charge on any atom is 0.343 e. The number of halogens is 1. The molecule has 7 heteroatoms. The number of esters is 2. The molecule has 0 aromatic heterocycles. The van der Waals surface area contributed by atoms with Gasteiger partial charge in [-0.2, -0.15) is 0 Å². The van der Waals surface area contributed by atoms with Gasteiger partial charge >= 0.3 is 11.9 Å². The van der Waals surface area contributed by atoms with Crippen LogP contribution < -0.4 is 10.1 Å². The molecule has 1 aromatic rings.